The number of hydrogen-bond acceptors (Lipinski definition) is 3. The number of aliphatic carboxylic acids is 1. The Morgan fingerprint density at radius 3 is 2.00 bits per heavy atom. The van der Waals surface area contributed by atoms with Gasteiger partial charge in [0.15, 0.2) is 0 Å². The van der Waals surface area contributed by atoms with Crippen molar-refractivity contribution in [2.24, 2.45) is 5.73 Å². The van der Waals surface area contributed by atoms with Crippen molar-refractivity contribution in [3.8, 4) is 0 Å². The molecule has 0 unspecified atom stereocenters. The van der Waals surface area contributed by atoms with Crippen molar-refractivity contribution in [2.75, 3.05) is 6.54 Å². The smallest absolute Gasteiger partial charge is 0.549 e. The van der Waals surface area contributed by atoms with E-state index >= 15 is 0 Å². The first-order valence-electron chi connectivity index (χ1n) is 1.17. The molecule has 0 aromatic carbocycles. The molecule has 0 aliphatic carbocycles. The van der Waals surface area contributed by atoms with Crippen LogP contribution in [0.2, 0.25) is 0 Å². The molecule has 0 rings (SSSR count). The fourth-order valence-corrected chi connectivity index (χ4v) is 0. The summed E-state index contributed by atoms with van der Waals surface area (Å²) >= 11 is 0. The Balaban J connectivity index is 0. The van der Waals surface area contributed by atoms with Gasteiger partial charge in [-0.2, -0.15) is 0 Å². The minimum atomic E-state index is -1.22. The van der Waals surface area contributed by atoms with Crippen LogP contribution in [0.15, 0.2) is 0 Å². The molecule has 2 N–H and O–H groups in total. The molecule has 0 aliphatic heterocycles. The molecule has 0 heterocycles. The first kappa shape index (κ1) is 9.34. The van der Waals surface area contributed by atoms with Gasteiger partial charge < -0.3 is 15.6 Å². The predicted molar refractivity (Wildman–Crippen MR) is 14.1 cm³/mol. The average Bonchev–Trinajstić information content (AvgIpc) is 1.38. The number of carboxylic acid groups (broad SMARTS) is 1. The van der Waals surface area contributed by atoms with Gasteiger partial charge in [-0.15, -0.1) is 0 Å². The van der Waals surface area contributed by atoms with E-state index in [2.05, 4.69) is 5.73 Å². The van der Waals surface area contributed by atoms with Gasteiger partial charge >= 0.3 is 17.1 Å². The first-order valence-corrected chi connectivity index (χ1v) is 1.17. The zero-order chi connectivity index (χ0) is 4.28. The molecule has 0 aliphatic rings. The van der Waals surface area contributed by atoms with Crippen LogP contribution in [0.5, 0.6) is 0 Å². The van der Waals surface area contributed by atoms with Crippen molar-refractivity contribution in [3.63, 3.8) is 0 Å². The van der Waals surface area contributed by atoms with Crippen LogP contribution < -0.4 is 10.8 Å². The third kappa shape index (κ3) is 9.04. The van der Waals surface area contributed by atoms with Crippen LogP contribution in [0.25, 0.3) is 0 Å². The van der Waals surface area contributed by atoms with Crippen molar-refractivity contribution < 1.29 is 27.0 Å². The van der Waals surface area contributed by atoms with Gasteiger partial charge in [-0.1, -0.05) is 0 Å². The molecule has 4 heteroatoms. The molecule has 1 radical (unpaired) electrons. The molecule has 0 aromatic rings. The molecule has 0 aromatic heterocycles. The number of carbonyl (C=O) groups is 1. The predicted octanol–water partition coefficient (Wildman–Crippen LogP) is -2.31. The molecule has 0 saturated heterocycles. The summed E-state index contributed by atoms with van der Waals surface area (Å²) in [6.45, 7) is -0.389. The van der Waals surface area contributed by atoms with Crippen LogP contribution >= 0.6 is 0 Å². The minimum absolute atomic E-state index is 0. The fraction of sp³-hybridized carbons (Fsp3) is 0.500. The van der Waals surface area contributed by atoms with Crippen molar-refractivity contribution in [2.45, 2.75) is 0 Å². The molecule has 0 fully saturated rings. The Bertz CT molecular complexity index is 46.8. The zero-order valence-electron chi connectivity index (χ0n) is 2.90. The van der Waals surface area contributed by atoms with Crippen molar-refractivity contribution in [1.29, 1.82) is 0 Å². The van der Waals surface area contributed by atoms with Gasteiger partial charge in [0.05, 0.1) is 5.97 Å². The molecule has 0 atom stereocenters. The Kier molecular flexibility index (Phi) is 7.71. The second-order valence-corrected chi connectivity index (χ2v) is 0.576. The van der Waals surface area contributed by atoms with Gasteiger partial charge in [0.1, 0.15) is 0 Å². The maximum atomic E-state index is 9.13. The summed E-state index contributed by atoms with van der Waals surface area (Å²) in [7, 11) is 0. The molecular formula is C2H4CuNO2+. The molecule has 0 amide bonds. The van der Waals surface area contributed by atoms with E-state index in [1.165, 1.54) is 0 Å². The van der Waals surface area contributed by atoms with Gasteiger partial charge in [0.2, 0.25) is 0 Å². The maximum Gasteiger partial charge on any atom is 2.00 e. The van der Waals surface area contributed by atoms with E-state index in [0.717, 1.165) is 0 Å². The average molecular weight is 138 g/mol. The van der Waals surface area contributed by atoms with Crippen molar-refractivity contribution >= 4 is 5.97 Å². The molecule has 3 nitrogen and oxygen atoms in total. The SMILES string of the molecule is NCC(=O)[O-].[Cu+2]. The summed E-state index contributed by atoms with van der Waals surface area (Å²) in [5.74, 6) is -1.22. The summed E-state index contributed by atoms with van der Waals surface area (Å²) < 4.78 is 0. The van der Waals surface area contributed by atoms with Crippen LogP contribution in [0, 0.1) is 0 Å². The number of carboxylic acids is 1. The molecule has 0 bridgehead atoms. The Morgan fingerprint density at radius 2 is 2.00 bits per heavy atom. The third-order valence-corrected chi connectivity index (χ3v) is 0.167. The number of nitrogens with two attached hydrogens (primary N) is 1. The largest absolute Gasteiger partial charge is 2.00 e. The van der Waals surface area contributed by atoms with E-state index in [0.29, 0.717) is 0 Å². The van der Waals surface area contributed by atoms with Crippen LogP contribution in [-0.4, -0.2) is 12.5 Å². The van der Waals surface area contributed by atoms with Gasteiger partial charge in [0, 0.05) is 6.54 Å². The molecule has 0 spiro atoms. The normalized spacial score (nSPS) is 6.17. The van der Waals surface area contributed by atoms with Crippen LogP contribution in [-0.2, 0) is 21.9 Å². The van der Waals surface area contributed by atoms with Gasteiger partial charge in [0.25, 0.3) is 0 Å². The molecule has 6 heavy (non-hydrogen) atoms. The Labute approximate surface area is 46.0 Å². The summed E-state index contributed by atoms with van der Waals surface area (Å²) in [6, 6.07) is 0. The van der Waals surface area contributed by atoms with Crippen LogP contribution in [0.3, 0.4) is 0 Å². The van der Waals surface area contributed by atoms with E-state index in [9.17, 15) is 0 Å². The molecule has 0 saturated carbocycles. The second-order valence-electron chi connectivity index (χ2n) is 0.576. The second kappa shape index (κ2) is 4.95. The summed E-state index contributed by atoms with van der Waals surface area (Å²) in [5, 5.41) is 9.13. The monoisotopic (exact) mass is 137 g/mol. The van der Waals surface area contributed by atoms with E-state index in [1.807, 2.05) is 0 Å². The Hall–Kier alpha value is -0.0505. The summed E-state index contributed by atoms with van der Waals surface area (Å²) in [5.41, 5.74) is 4.51. The summed E-state index contributed by atoms with van der Waals surface area (Å²) in [6.07, 6.45) is 0. The maximum absolute atomic E-state index is 9.13. The third-order valence-electron chi connectivity index (χ3n) is 0.167. The fourth-order valence-electron chi connectivity index (χ4n) is 0. The van der Waals surface area contributed by atoms with Gasteiger partial charge in [-0.3, -0.25) is 0 Å². The number of hydrogen-bond donors (Lipinski definition) is 1. The van der Waals surface area contributed by atoms with Crippen LogP contribution in [0.4, 0.5) is 0 Å². The Morgan fingerprint density at radius 1 is 1.83 bits per heavy atom. The number of rotatable bonds is 1. The molecular weight excluding hydrogens is 134 g/mol. The summed E-state index contributed by atoms with van der Waals surface area (Å²) in [4.78, 5) is 9.13. The van der Waals surface area contributed by atoms with Gasteiger partial charge in [-0.25, -0.2) is 0 Å². The van der Waals surface area contributed by atoms with E-state index in [-0.39, 0.29) is 23.6 Å². The molecule has 39 valence electrons. The minimum Gasteiger partial charge on any atom is -0.549 e. The van der Waals surface area contributed by atoms with Crippen LogP contribution in [0.1, 0.15) is 0 Å². The zero-order valence-corrected chi connectivity index (χ0v) is 3.84. The van der Waals surface area contributed by atoms with Gasteiger partial charge in [-0.05, 0) is 0 Å². The topological polar surface area (TPSA) is 66.2 Å². The quantitative estimate of drug-likeness (QED) is 0.413. The van der Waals surface area contributed by atoms with E-state index < -0.39 is 5.97 Å². The standard InChI is InChI=1S/C2H5NO2.Cu/c3-1-2(4)5;/h1,3H2,(H,4,5);/q;+2/p-1. The first-order chi connectivity index (χ1) is 2.27. The van der Waals surface area contributed by atoms with E-state index in [4.69, 9.17) is 9.90 Å². The van der Waals surface area contributed by atoms with E-state index in [1.54, 1.807) is 0 Å². The number of carbonyl (C=O) groups excluding carboxylic acids is 1. The van der Waals surface area contributed by atoms with Crippen molar-refractivity contribution in [3.05, 3.63) is 0 Å². The van der Waals surface area contributed by atoms with Crippen molar-refractivity contribution in [1.82, 2.24) is 0 Å².